The minimum atomic E-state index is -1.14. The average Bonchev–Trinajstić information content (AvgIpc) is 3.34. The van der Waals surface area contributed by atoms with Gasteiger partial charge >= 0.3 is 0 Å². The normalized spacial score (nSPS) is 18.1. The Labute approximate surface area is 167 Å². The number of nitrogens with zero attached hydrogens (tertiary/aromatic N) is 3. The third-order valence-corrected chi connectivity index (χ3v) is 5.88. The Morgan fingerprint density at radius 2 is 1.59 bits per heavy atom. The Kier molecular flexibility index (Phi) is 4.13. The van der Waals surface area contributed by atoms with Gasteiger partial charge in [-0.3, -0.25) is 14.7 Å². The van der Waals surface area contributed by atoms with Crippen molar-refractivity contribution in [2.45, 2.75) is 18.4 Å². The van der Waals surface area contributed by atoms with Gasteiger partial charge in [0.05, 0.1) is 11.7 Å². The second-order valence-corrected chi connectivity index (χ2v) is 7.87. The van der Waals surface area contributed by atoms with E-state index in [1.807, 2.05) is 42.5 Å². The van der Waals surface area contributed by atoms with E-state index in [1.165, 1.54) is 0 Å². The van der Waals surface area contributed by atoms with Crippen LogP contribution in [0.2, 0.25) is 0 Å². The van der Waals surface area contributed by atoms with Crippen molar-refractivity contribution in [2.75, 3.05) is 26.2 Å². The number of aromatic nitrogens is 2. The van der Waals surface area contributed by atoms with Crippen LogP contribution >= 0.6 is 0 Å². The molecule has 0 atom stereocenters. The summed E-state index contributed by atoms with van der Waals surface area (Å²) in [6.45, 7) is 1.90. The van der Waals surface area contributed by atoms with Crippen LogP contribution in [-0.2, 0) is 4.79 Å². The van der Waals surface area contributed by atoms with Crippen molar-refractivity contribution in [2.24, 2.45) is 0 Å². The first-order valence-corrected chi connectivity index (χ1v) is 9.88. The van der Waals surface area contributed by atoms with Crippen LogP contribution in [-0.4, -0.2) is 68.7 Å². The molecule has 1 saturated carbocycles. The summed E-state index contributed by atoms with van der Waals surface area (Å²) in [6, 6.07) is 13.7. The summed E-state index contributed by atoms with van der Waals surface area (Å²) in [7, 11) is 0. The number of fused-ring (bicyclic) bond motifs is 1. The zero-order chi connectivity index (χ0) is 20.0. The van der Waals surface area contributed by atoms with Crippen LogP contribution in [0.3, 0.4) is 0 Å². The lowest BCUT2D eigenvalue weighted by Gasteiger charge is -2.35. The van der Waals surface area contributed by atoms with Crippen molar-refractivity contribution in [3.05, 3.63) is 54.2 Å². The summed E-state index contributed by atoms with van der Waals surface area (Å²) in [6.07, 6.45) is 2.88. The molecule has 1 saturated heterocycles. The van der Waals surface area contributed by atoms with E-state index in [1.54, 1.807) is 16.0 Å². The first kappa shape index (κ1) is 17.9. The molecule has 1 aliphatic heterocycles. The summed E-state index contributed by atoms with van der Waals surface area (Å²) in [5, 5.41) is 18.1. The maximum Gasteiger partial charge on any atom is 0.254 e. The molecule has 1 aliphatic carbocycles. The van der Waals surface area contributed by atoms with Gasteiger partial charge in [-0.05, 0) is 42.2 Å². The molecular weight excluding hydrogens is 368 g/mol. The number of carbonyl (C=O) groups is 2. The lowest BCUT2D eigenvalue weighted by Crippen LogP contribution is -2.53. The fourth-order valence-corrected chi connectivity index (χ4v) is 3.84. The first-order chi connectivity index (χ1) is 14.0. The van der Waals surface area contributed by atoms with Gasteiger partial charge in [0.1, 0.15) is 5.60 Å². The highest BCUT2D eigenvalue weighted by molar-refractivity contribution is 5.95. The quantitative estimate of drug-likeness (QED) is 0.716. The van der Waals surface area contributed by atoms with Crippen LogP contribution in [0.25, 0.3) is 22.0 Å². The first-order valence-electron chi connectivity index (χ1n) is 9.88. The van der Waals surface area contributed by atoms with Crippen LogP contribution in [0.15, 0.2) is 48.7 Å². The maximum atomic E-state index is 12.8. The molecule has 2 fully saturated rings. The summed E-state index contributed by atoms with van der Waals surface area (Å²) < 4.78 is 0. The van der Waals surface area contributed by atoms with Gasteiger partial charge in [-0.2, -0.15) is 5.10 Å². The van der Waals surface area contributed by atoms with Crippen molar-refractivity contribution >= 4 is 22.7 Å². The molecule has 1 aromatic heterocycles. The van der Waals surface area contributed by atoms with Crippen LogP contribution in [0.5, 0.6) is 0 Å². The topological polar surface area (TPSA) is 89.5 Å². The second kappa shape index (κ2) is 6.70. The Hall–Kier alpha value is -3.19. The zero-order valence-corrected chi connectivity index (χ0v) is 16.0. The van der Waals surface area contributed by atoms with Gasteiger partial charge in [0.25, 0.3) is 11.8 Å². The van der Waals surface area contributed by atoms with E-state index in [0.29, 0.717) is 44.6 Å². The van der Waals surface area contributed by atoms with Crippen LogP contribution in [0, 0.1) is 0 Å². The molecule has 2 N–H and O–H groups in total. The summed E-state index contributed by atoms with van der Waals surface area (Å²) in [4.78, 5) is 28.5. The Bertz CT molecular complexity index is 1080. The molecule has 2 aliphatic rings. The smallest absolute Gasteiger partial charge is 0.254 e. The van der Waals surface area contributed by atoms with Crippen LogP contribution in [0.1, 0.15) is 23.2 Å². The summed E-state index contributed by atoms with van der Waals surface area (Å²) >= 11 is 0. The van der Waals surface area contributed by atoms with Crippen molar-refractivity contribution < 1.29 is 14.7 Å². The lowest BCUT2D eigenvalue weighted by atomic mass is 10.0. The number of piperazine rings is 1. The Morgan fingerprint density at radius 3 is 2.28 bits per heavy atom. The highest BCUT2D eigenvalue weighted by atomic mass is 16.3. The number of carbonyl (C=O) groups excluding carboxylic acids is 2. The molecule has 0 spiro atoms. The van der Waals surface area contributed by atoms with E-state index in [0.717, 1.165) is 22.0 Å². The van der Waals surface area contributed by atoms with Crippen molar-refractivity contribution in [1.29, 1.82) is 0 Å². The molecule has 2 amide bonds. The van der Waals surface area contributed by atoms with E-state index in [9.17, 15) is 14.7 Å². The van der Waals surface area contributed by atoms with Crippen LogP contribution in [0.4, 0.5) is 0 Å². The van der Waals surface area contributed by atoms with Crippen molar-refractivity contribution in [1.82, 2.24) is 20.0 Å². The van der Waals surface area contributed by atoms with E-state index < -0.39 is 5.60 Å². The van der Waals surface area contributed by atoms with Gasteiger partial charge in [0, 0.05) is 37.1 Å². The monoisotopic (exact) mass is 390 g/mol. The molecule has 2 aromatic carbocycles. The lowest BCUT2D eigenvalue weighted by molar-refractivity contribution is -0.143. The molecular formula is C22H22N4O3. The largest absolute Gasteiger partial charge is 0.380 e. The Balaban J connectivity index is 1.25. The molecule has 7 nitrogen and oxygen atoms in total. The number of aliphatic hydroxyl groups is 1. The van der Waals surface area contributed by atoms with Gasteiger partial charge in [-0.15, -0.1) is 0 Å². The predicted octanol–water partition coefficient (Wildman–Crippen LogP) is 2.04. The van der Waals surface area contributed by atoms with E-state index in [-0.39, 0.29) is 11.8 Å². The summed E-state index contributed by atoms with van der Waals surface area (Å²) in [5.74, 6) is -0.221. The summed E-state index contributed by atoms with van der Waals surface area (Å²) in [5.41, 5.74) is 2.57. The fraction of sp³-hybridized carbons (Fsp3) is 0.318. The number of H-pyrrole nitrogens is 1. The van der Waals surface area contributed by atoms with Crippen LogP contribution < -0.4 is 0 Å². The number of hydrogen-bond donors (Lipinski definition) is 2. The van der Waals surface area contributed by atoms with Gasteiger partial charge in [0.15, 0.2) is 0 Å². The number of benzene rings is 2. The van der Waals surface area contributed by atoms with Gasteiger partial charge in [-0.1, -0.05) is 24.3 Å². The van der Waals surface area contributed by atoms with E-state index >= 15 is 0 Å². The predicted molar refractivity (Wildman–Crippen MR) is 108 cm³/mol. The highest BCUT2D eigenvalue weighted by Gasteiger charge is 2.50. The molecule has 0 bridgehead atoms. The van der Waals surface area contributed by atoms with Crippen molar-refractivity contribution in [3.63, 3.8) is 0 Å². The average molecular weight is 390 g/mol. The highest BCUT2D eigenvalue weighted by Crippen LogP contribution is 2.37. The third kappa shape index (κ3) is 3.27. The van der Waals surface area contributed by atoms with E-state index in [4.69, 9.17) is 0 Å². The SMILES string of the molecule is O=C(c1ccc(-c2ccc3cn[nH]c3c2)cc1)N1CCN(C(=O)C2(O)CC2)CC1. The molecule has 5 rings (SSSR count). The third-order valence-electron chi connectivity index (χ3n) is 5.88. The number of rotatable bonds is 3. The minimum absolute atomic E-state index is 0.0298. The number of aromatic amines is 1. The zero-order valence-electron chi connectivity index (χ0n) is 16.0. The van der Waals surface area contributed by atoms with Gasteiger partial charge < -0.3 is 14.9 Å². The number of hydrogen-bond acceptors (Lipinski definition) is 4. The molecule has 2 heterocycles. The molecule has 3 aromatic rings. The maximum absolute atomic E-state index is 12.8. The second-order valence-electron chi connectivity index (χ2n) is 7.87. The molecule has 29 heavy (non-hydrogen) atoms. The minimum Gasteiger partial charge on any atom is -0.380 e. The number of amides is 2. The molecule has 7 heteroatoms. The van der Waals surface area contributed by atoms with Crippen molar-refractivity contribution in [3.8, 4) is 11.1 Å². The standard InChI is InChI=1S/C22H22N4O3/c27-20(25-9-11-26(12-10-25)21(28)22(29)7-8-22)16-3-1-15(2-4-16)17-5-6-18-14-23-24-19(18)13-17/h1-6,13-14,29H,7-12H2,(H,23,24). The molecule has 0 radical (unpaired) electrons. The molecule has 148 valence electrons. The number of nitrogens with one attached hydrogen (secondary N) is 1. The fourth-order valence-electron chi connectivity index (χ4n) is 3.84. The van der Waals surface area contributed by atoms with E-state index in [2.05, 4.69) is 10.2 Å². The van der Waals surface area contributed by atoms with Gasteiger partial charge in [0.2, 0.25) is 0 Å². The van der Waals surface area contributed by atoms with Gasteiger partial charge in [-0.25, -0.2) is 0 Å². The Morgan fingerprint density at radius 1 is 0.931 bits per heavy atom. The molecule has 0 unspecified atom stereocenters.